The molecule has 1 nitrogen and oxygen atoms in total. The molecule has 1 aromatic heterocycles. The first-order valence-electron chi connectivity index (χ1n) is 10.1. The van der Waals surface area contributed by atoms with Gasteiger partial charge in [0.1, 0.15) is 5.76 Å². The molecule has 1 aliphatic rings. The van der Waals surface area contributed by atoms with Crippen LogP contribution in [0, 0.1) is 6.92 Å². The fourth-order valence-corrected chi connectivity index (χ4v) is 4.64. The van der Waals surface area contributed by atoms with Crippen molar-refractivity contribution < 1.29 is 4.42 Å². The van der Waals surface area contributed by atoms with E-state index >= 15 is 0 Å². The third kappa shape index (κ3) is 2.55. The summed E-state index contributed by atoms with van der Waals surface area (Å²) in [5, 5.41) is 4.90. The van der Waals surface area contributed by atoms with E-state index in [4.69, 9.17) is 4.42 Å². The highest BCUT2D eigenvalue weighted by molar-refractivity contribution is 6.01. The van der Waals surface area contributed by atoms with Gasteiger partial charge in [-0.3, -0.25) is 0 Å². The van der Waals surface area contributed by atoms with Crippen molar-refractivity contribution in [1.82, 2.24) is 0 Å². The van der Waals surface area contributed by atoms with Gasteiger partial charge in [0.15, 0.2) is 0 Å². The summed E-state index contributed by atoms with van der Waals surface area (Å²) in [5.41, 5.74) is 7.87. The quantitative estimate of drug-likeness (QED) is 0.310. The third-order valence-electron chi connectivity index (χ3n) is 6.08. The summed E-state index contributed by atoms with van der Waals surface area (Å²) in [5.74, 6) is 0.999. The van der Waals surface area contributed by atoms with Crippen LogP contribution in [0.2, 0.25) is 0 Å². The highest BCUT2D eigenvalue weighted by Gasteiger charge is 2.22. The van der Waals surface area contributed by atoms with Crippen molar-refractivity contribution in [3.05, 3.63) is 108 Å². The Kier molecular flexibility index (Phi) is 3.51. The first kappa shape index (κ1) is 16.4. The van der Waals surface area contributed by atoms with Gasteiger partial charge >= 0.3 is 0 Å². The fourth-order valence-electron chi connectivity index (χ4n) is 4.64. The molecule has 0 bridgehead atoms. The van der Waals surface area contributed by atoms with Crippen LogP contribution in [0.4, 0.5) is 0 Å². The van der Waals surface area contributed by atoms with Gasteiger partial charge in [0.25, 0.3) is 0 Å². The molecule has 29 heavy (non-hydrogen) atoms. The minimum Gasteiger partial charge on any atom is -0.463 e. The maximum absolute atomic E-state index is 6.00. The summed E-state index contributed by atoms with van der Waals surface area (Å²) >= 11 is 0. The molecule has 1 heteroatoms. The molecule has 0 spiro atoms. The first-order chi connectivity index (χ1) is 14.3. The second kappa shape index (κ2) is 6.22. The second-order valence-corrected chi connectivity index (χ2v) is 7.89. The SMILES string of the molecule is Cc1ccc2c(c1-c1ccc3ccccc3c1)C=C(c1occ3ccccc13)C2. The zero-order valence-electron chi connectivity index (χ0n) is 16.3. The zero-order valence-corrected chi connectivity index (χ0v) is 16.3. The second-order valence-electron chi connectivity index (χ2n) is 7.89. The van der Waals surface area contributed by atoms with Crippen molar-refractivity contribution in [2.24, 2.45) is 0 Å². The van der Waals surface area contributed by atoms with E-state index in [0.29, 0.717) is 0 Å². The molecule has 4 aromatic carbocycles. The zero-order chi connectivity index (χ0) is 19.4. The summed E-state index contributed by atoms with van der Waals surface area (Å²) in [6.45, 7) is 2.21. The number of benzene rings is 4. The molecule has 5 aromatic rings. The number of allylic oxidation sites excluding steroid dienone is 1. The van der Waals surface area contributed by atoms with Crippen LogP contribution in [0.25, 0.3) is 44.3 Å². The van der Waals surface area contributed by atoms with Gasteiger partial charge in [0, 0.05) is 22.8 Å². The molecule has 0 saturated heterocycles. The van der Waals surface area contributed by atoms with Crippen LogP contribution in [0.3, 0.4) is 0 Å². The van der Waals surface area contributed by atoms with Crippen molar-refractivity contribution >= 4 is 33.2 Å². The predicted octanol–water partition coefficient (Wildman–Crippen LogP) is 7.66. The largest absolute Gasteiger partial charge is 0.463 e. The van der Waals surface area contributed by atoms with Crippen LogP contribution < -0.4 is 0 Å². The molecule has 0 radical (unpaired) electrons. The Morgan fingerprint density at radius 2 is 1.55 bits per heavy atom. The summed E-state index contributed by atoms with van der Waals surface area (Å²) in [4.78, 5) is 0. The molecule has 138 valence electrons. The van der Waals surface area contributed by atoms with Crippen LogP contribution >= 0.6 is 0 Å². The highest BCUT2D eigenvalue weighted by atomic mass is 16.3. The average Bonchev–Trinajstić information content (AvgIpc) is 3.37. The predicted molar refractivity (Wildman–Crippen MR) is 122 cm³/mol. The highest BCUT2D eigenvalue weighted by Crippen LogP contribution is 2.41. The molecule has 0 atom stereocenters. The van der Waals surface area contributed by atoms with Gasteiger partial charge in [0.2, 0.25) is 0 Å². The van der Waals surface area contributed by atoms with Crippen molar-refractivity contribution in [1.29, 1.82) is 0 Å². The standard InChI is InChI=1S/C28H20O/c1-18-10-11-21-15-24(28-25-9-5-4-8-23(25)17-29-28)16-26(21)27(18)22-13-12-19-6-2-3-7-20(19)14-22/h2-14,16-17H,15H2,1H3. The van der Waals surface area contributed by atoms with E-state index in [2.05, 4.69) is 91.9 Å². The molecular weight excluding hydrogens is 352 g/mol. The van der Waals surface area contributed by atoms with E-state index in [9.17, 15) is 0 Å². The van der Waals surface area contributed by atoms with Gasteiger partial charge in [-0.15, -0.1) is 0 Å². The number of furan rings is 1. The lowest BCUT2D eigenvalue weighted by atomic mass is 9.91. The number of fused-ring (bicyclic) bond motifs is 3. The van der Waals surface area contributed by atoms with Crippen LogP contribution in [-0.4, -0.2) is 0 Å². The summed E-state index contributed by atoms with van der Waals surface area (Å²) in [6.07, 6.45) is 5.11. The van der Waals surface area contributed by atoms with Gasteiger partial charge in [0.05, 0.1) is 6.26 Å². The molecular formula is C28H20O. The van der Waals surface area contributed by atoms with E-state index in [1.54, 1.807) is 0 Å². The summed E-state index contributed by atoms with van der Waals surface area (Å²) < 4.78 is 6.00. The van der Waals surface area contributed by atoms with E-state index in [1.165, 1.54) is 49.5 Å². The maximum atomic E-state index is 6.00. The Balaban J connectivity index is 1.53. The Hall–Kier alpha value is -3.58. The molecule has 0 aliphatic heterocycles. The van der Waals surface area contributed by atoms with Gasteiger partial charge < -0.3 is 4.42 Å². The number of hydrogen-bond donors (Lipinski definition) is 0. The Morgan fingerprint density at radius 3 is 2.45 bits per heavy atom. The van der Waals surface area contributed by atoms with Crippen molar-refractivity contribution in [3.8, 4) is 11.1 Å². The molecule has 1 aliphatic carbocycles. The number of rotatable bonds is 2. The van der Waals surface area contributed by atoms with Crippen molar-refractivity contribution in [2.45, 2.75) is 13.3 Å². The Labute approximate surface area is 169 Å². The van der Waals surface area contributed by atoms with E-state index in [-0.39, 0.29) is 0 Å². The summed E-state index contributed by atoms with van der Waals surface area (Å²) in [6, 6.07) is 28.2. The van der Waals surface area contributed by atoms with Crippen molar-refractivity contribution in [3.63, 3.8) is 0 Å². The molecule has 0 fully saturated rings. The van der Waals surface area contributed by atoms with Gasteiger partial charge in [-0.05, 0) is 57.7 Å². The minimum absolute atomic E-state index is 0.910. The normalized spacial score (nSPS) is 13.1. The number of aryl methyl sites for hydroxylation is 1. The Morgan fingerprint density at radius 1 is 0.759 bits per heavy atom. The molecule has 0 amide bonds. The molecule has 1 heterocycles. The first-order valence-corrected chi connectivity index (χ1v) is 10.1. The van der Waals surface area contributed by atoms with Gasteiger partial charge in [-0.2, -0.15) is 0 Å². The maximum Gasteiger partial charge on any atom is 0.138 e. The van der Waals surface area contributed by atoms with E-state index in [1.807, 2.05) is 6.26 Å². The summed E-state index contributed by atoms with van der Waals surface area (Å²) in [7, 11) is 0. The number of hydrogen-bond acceptors (Lipinski definition) is 1. The smallest absolute Gasteiger partial charge is 0.138 e. The third-order valence-corrected chi connectivity index (χ3v) is 6.08. The topological polar surface area (TPSA) is 13.1 Å². The van der Waals surface area contributed by atoms with E-state index in [0.717, 1.165) is 17.6 Å². The molecule has 0 N–H and O–H groups in total. The van der Waals surface area contributed by atoms with Crippen molar-refractivity contribution in [2.75, 3.05) is 0 Å². The molecule has 0 saturated carbocycles. The lowest BCUT2D eigenvalue weighted by Crippen LogP contribution is -1.91. The van der Waals surface area contributed by atoms with Gasteiger partial charge in [-0.1, -0.05) is 72.8 Å². The van der Waals surface area contributed by atoms with Crippen LogP contribution in [-0.2, 0) is 6.42 Å². The lowest BCUT2D eigenvalue weighted by Gasteiger charge is -2.12. The molecule has 0 unspecified atom stereocenters. The average molecular weight is 372 g/mol. The minimum atomic E-state index is 0.910. The van der Waals surface area contributed by atoms with E-state index < -0.39 is 0 Å². The Bertz CT molecular complexity index is 1430. The van der Waals surface area contributed by atoms with Crippen LogP contribution in [0.5, 0.6) is 0 Å². The van der Waals surface area contributed by atoms with Crippen LogP contribution in [0.15, 0.2) is 89.5 Å². The monoisotopic (exact) mass is 372 g/mol. The van der Waals surface area contributed by atoms with Gasteiger partial charge in [-0.25, -0.2) is 0 Å². The van der Waals surface area contributed by atoms with Crippen LogP contribution in [0.1, 0.15) is 22.5 Å². The fraction of sp³-hybridized carbons (Fsp3) is 0.0714. The lowest BCUT2D eigenvalue weighted by molar-refractivity contribution is 0.557. The molecule has 6 rings (SSSR count).